The molecule has 0 saturated carbocycles. The molecule has 1 aliphatic heterocycles. The molecule has 1 aromatic carbocycles. The number of aromatic nitrogens is 2. The van der Waals surface area contributed by atoms with Crippen molar-refractivity contribution in [3.63, 3.8) is 0 Å². The molecule has 124 valence electrons. The van der Waals surface area contributed by atoms with Crippen LogP contribution >= 0.6 is 0 Å². The highest BCUT2D eigenvalue weighted by molar-refractivity contribution is 5.30. The van der Waals surface area contributed by atoms with E-state index in [0.717, 1.165) is 30.9 Å². The highest BCUT2D eigenvalue weighted by Gasteiger charge is 2.21. The van der Waals surface area contributed by atoms with Crippen molar-refractivity contribution in [2.24, 2.45) is 0 Å². The molecular formula is C17H24N4O2. The SMILES string of the molecule is OCCN1CCN(Cc2cnn(-c3ccccc3)c2)CC(O)C1. The summed E-state index contributed by atoms with van der Waals surface area (Å²) in [5.41, 5.74) is 2.18. The molecule has 0 radical (unpaired) electrons. The van der Waals surface area contributed by atoms with Gasteiger partial charge in [0.25, 0.3) is 0 Å². The van der Waals surface area contributed by atoms with Crippen LogP contribution in [-0.4, -0.2) is 75.2 Å². The number of para-hydroxylation sites is 1. The number of β-amino-alcohol motifs (C(OH)–C–C–N with tert-alkyl or cyclic N) is 2. The minimum atomic E-state index is -0.381. The molecule has 0 bridgehead atoms. The number of hydrogen-bond acceptors (Lipinski definition) is 5. The molecule has 6 heteroatoms. The van der Waals surface area contributed by atoms with Crippen molar-refractivity contribution in [1.29, 1.82) is 0 Å². The fourth-order valence-electron chi connectivity index (χ4n) is 3.03. The second kappa shape index (κ2) is 7.70. The Balaban J connectivity index is 1.62. The maximum absolute atomic E-state index is 10.1. The average molecular weight is 316 g/mol. The summed E-state index contributed by atoms with van der Waals surface area (Å²) in [6.07, 6.45) is 3.54. The number of hydrogen-bond donors (Lipinski definition) is 2. The quantitative estimate of drug-likeness (QED) is 0.833. The van der Waals surface area contributed by atoms with E-state index in [2.05, 4.69) is 14.9 Å². The van der Waals surface area contributed by atoms with Crippen molar-refractivity contribution in [3.05, 3.63) is 48.3 Å². The lowest BCUT2D eigenvalue weighted by molar-refractivity contribution is 0.101. The predicted octanol–water partition coefficient (Wildman–Crippen LogP) is 0.343. The number of nitrogens with zero attached hydrogens (tertiary/aromatic N) is 4. The van der Waals surface area contributed by atoms with Crippen LogP contribution in [0, 0.1) is 0 Å². The average Bonchev–Trinajstić information content (AvgIpc) is 2.94. The normalized spacial score (nSPS) is 20.5. The van der Waals surface area contributed by atoms with Gasteiger partial charge in [-0.05, 0) is 12.1 Å². The van der Waals surface area contributed by atoms with Gasteiger partial charge in [-0.25, -0.2) is 4.68 Å². The van der Waals surface area contributed by atoms with Crippen LogP contribution in [0.5, 0.6) is 0 Å². The van der Waals surface area contributed by atoms with Gasteiger partial charge < -0.3 is 10.2 Å². The number of aliphatic hydroxyl groups excluding tert-OH is 2. The van der Waals surface area contributed by atoms with Gasteiger partial charge in [0.1, 0.15) is 0 Å². The van der Waals surface area contributed by atoms with Crippen LogP contribution in [0.2, 0.25) is 0 Å². The summed E-state index contributed by atoms with van der Waals surface area (Å²) in [5, 5.41) is 23.6. The third kappa shape index (κ3) is 4.39. The summed E-state index contributed by atoms with van der Waals surface area (Å²) in [5.74, 6) is 0. The molecule has 1 aliphatic rings. The van der Waals surface area contributed by atoms with E-state index in [1.165, 1.54) is 0 Å². The maximum Gasteiger partial charge on any atom is 0.0793 e. The van der Waals surface area contributed by atoms with Crippen LogP contribution in [0.15, 0.2) is 42.7 Å². The van der Waals surface area contributed by atoms with E-state index in [1.807, 2.05) is 47.4 Å². The van der Waals surface area contributed by atoms with Gasteiger partial charge in [-0.15, -0.1) is 0 Å². The zero-order valence-electron chi connectivity index (χ0n) is 13.3. The predicted molar refractivity (Wildman–Crippen MR) is 88.4 cm³/mol. The van der Waals surface area contributed by atoms with E-state index in [9.17, 15) is 5.11 Å². The van der Waals surface area contributed by atoms with Crippen LogP contribution in [-0.2, 0) is 6.54 Å². The number of aliphatic hydroxyl groups is 2. The summed E-state index contributed by atoms with van der Waals surface area (Å²) in [4.78, 5) is 4.35. The molecule has 3 rings (SSSR count). The van der Waals surface area contributed by atoms with Crippen molar-refractivity contribution in [2.45, 2.75) is 12.6 Å². The largest absolute Gasteiger partial charge is 0.395 e. The van der Waals surface area contributed by atoms with Crippen LogP contribution < -0.4 is 0 Å². The summed E-state index contributed by atoms with van der Waals surface area (Å²) in [6, 6.07) is 10.0. The van der Waals surface area contributed by atoms with E-state index in [1.54, 1.807) is 0 Å². The molecule has 2 heterocycles. The van der Waals surface area contributed by atoms with Crippen molar-refractivity contribution in [1.82, 2.24) is 19.6 Å². The van der Waals surface area contributed by atoms with Crippen LogP contribution in [0.3, 0.4) is 0 Å². The van der Waals surface area contributed by atoms with Crippen LogP contribution in [0.1, 0.15) is 5.56 Å². The van der Waals surface area contributed by atoms with Gasteiger partial charge in [-0.3, -0.25) is 9.80 Å². The summed E-state index contributed by atoms with van der Waals surface area (Å²) in [6.45, 7) is 4.56. The highest BCUT2D eigenvalue weighted by Crippen LogP contribution is 2.12. The molecule has 2 aromatic rings. The Morgan fingerprint density at radius 2 is 1.83 bits per heavy atom. The lowest BCUT2D eigenvalue weighted by atomic mass is 10.3. The standard InChI is InChI=1S/C17H24N4O2/c22-9-8-19-6-7-20(14-17(23)13-19)11-15-10-18-21(12-15)16-4-2-1-3-5-16/h1-5,10,12,17,22-23H,6-9,11,13-14H2. The molecule has 6 nitrogen and oxygen atoms in total. The first-order chi connectivity index (χ1) is 11.2. The van der Waals surface area contributed by atoms with Gasteiger partial charge in [0.05, 0.1) is 24.6 Å². The molecule has 1 unspecified atom stereocenters. The zero-order chi connectivity index (χ0) is 16.1. The summed E-state index contributed by atoms with van der Waals surface area (Å²) >= 11 is 0. The highest BCUT2D eigenvalue weighted by atomic mass is 16.3. The van der Waals surface area contributed by atoms with Gasteiger partial charge in [0.2, 0.25) is 0 Å². The molecule has 1 aromatic heterocycles. The minimum Gasteiger partial charge on any atom is -0.395 e. The van der Waals surface area contributed by atoms with Gasteiger partial charge in [-0.2, -0.15) is 5.10 Å². The van der Waals surface area contributed by atoms with Gasteiger partial charge in [0.15, 0.2) is 0 Å². The Morgan fingerprint density at radius 1 is 1.09 bits per heavy atom. The molecular weight excluding hydrogens is 292 g/mol. The summed E-state index contributed by atoms with van der Waals surface area (Å²) in [7, 11) is 0. The van der Waals surface area contributed by atoms with Crippen LogP contribution in [0.4, 0.5) is 0 Å². The van der Waals surface area contributed by atoms with E-state index in [-0.39, 0.29) is 12.7 Å². The second-order valence-corrected chi connectivity index (χ2v) is 6.04. The Hall–Kier alpha value is -1.73. The Bertz CT molecular complexity index is 602. The fraction of sp³-hybridized carbons (Fsp3) is 0.471. The molecule has 1 fully saturated rings. The Morgan fingerprint density at radius 3 is 2.61 bits per heavy atom. The molecule has 0 aliphatic carbocycles. The molecule has 23 heavy (non-hydrogen) atoms. The number of rotatable bonds is 5. The third-order valence-electron chi connectivity index (χ3n) is 4.15. The molecule has 1 saturated heterocycles. The van der Waals surface area contributed by atoms with Crippen molar-refractivity contribution < 1.29 is 10.2 Å². The van der Waals surface area contributed by atoms with Crippen molar-refractivity contribution in [2.75, 3.05) is 39.3 Å². The monoisotopic (exact) mass is 316 g/mol. The van der Waals surface area contributed by atoms with E-state index >= 15 is 0 Å². The van der Waals surface area contributed by atoms with Gasteiger partial charge in [0, 0.05) is 51.0 Å². The molecule has 1 atom stereocenters. The fourth-order valence-corrected chi connectivity index (χ4v) is 3.03. The van der Waals surface area contributed by atoms with Gasteiger partial charge in [-0.1, -0.05) is 18.2 Å². The minimum absolute atomic E-state index is 0.135. The van der Waals surface area contributed by atoms with E-state index < -0.39 is 0 Å². The van der Waals surface area contributed by atoms with E-state index in [4.69, 9.17) is 5.11 Å². The molecule has 0 spiro atoms. The lowest BCUT2D eigenvalue weighted by Crippen LogP contribution is -2.34. The Labute approximate surface area is 136 Å². The van der Waals surface area contributed by atoms with Gasteiger partial charge >= 0.3 is 0 Å². The first-order valence-corrected chi connectivity index (χ1v) is 8.07. The first kappa shape index (κ1) is 16.1. The first-order valence-electron chi connectivity index (χ1n) is 8.07. The molecule has 0 amide bonds. The van der Waals surface area contributed by atoms with Crippen molar-refractivity contribution >= 4 is 0 Å². The maximum atomic E-state index is 10.1. The zero-order valence-corrected chi connectivity index (χ0v) is 13.3. The number of benzene rings is 1. The van der Waals surface area contributed by atoms with E-state index in [0.29, 0.717) is 19.6 Å². The second-order valence-electron chi connectivity index (χ2n) is 6.04. The molecule has 2 N–H and O–H groups in total. The lowest BCUT2D eigenvalue weighted by Gasteiger charge is -2.20. The topological polar surface area (TPSA) is 64.8 Å². The smallest absolute Gasteiger partial charge is 0.0793 e. The van der Waals surface area contributed by atoms with Crippen molar-refractivity contribution in [3.8, 4) is 5.69 Å². The van der Waals surface area contributed by atoms with Crippen LogP contribution in [0.25, 0.3) is 5.69 Å². The third-order valence-corrected chi connectivity index (χ3v) is 4.15. The Kier molecular flexibility index (Phi) is 5.40. The summed E-state index contributed by atoms with van der Waals surface area (Å²) < 4.78 is 1.88.